The first-order valence-corrected chi connectivity index (χ1v) is 9.87. The molecule has 0 N–H and O–H groups in total. The number of ether oxygens (including phenoxy) is 2. The summed E-state index contributed by atoms with van der Waals surface area (Å²) in [6, 6.07) is 9.90. The lowest BCUT2D eigenvalue weighted by Crippen LogP contribution is -2.20. The highest BCUT2D eigenvalue weighted by molar-refractivity contribution is 5.75. The predicted octanol–water partition coefficient (Wildman–Crippen LogP) is 5.78. The number of Topliss-reactive ketones (excluding diaryl/α,β-unsaturated/α-hetero) is 1. The third kappa shape index (κ3) is 5.54. The van der Waals surface area contributed by atoms with E-state index in [9.17, 15) is 13.6 Å². The number of hydrogen-bond acceptors (Lipinski definition) is 3. The van der Waals surface area contributed by atoms with Crippen molar-refractivity contribution in [2.75, 3.05) is 0 Å². The van der Waals surface area contributed by atoms with E-state index in [0.717, 1.165) is 31.2 Å². The van der Waals surface area contributed by atoms with Gasteiger partial charge in [-0.25, -0.2) is 8.78 Å². The predicted molar refractivity (Wildman–Crippen MR) is 104 cm³/mol. The van der Waals surface area contributed by atoms with Gasteiger partial charge in [-0.15, -0.1) is 0 Å². The molecule has 5 heteroatoms. The first kappa shape index (κ1) is 20.3. The van der Waals surface area contributed by atoms with E-state index in [1.54, 1.807) is 0 Å². The third-order valence-electron chi connectivity index (χ3n) is 5.01. The van der Waals surface area contributed by atoms with Gasteiger partial charge in [0.15, 0.2) is 17.4 Å². The summed E-state index contributed by atoms with van der Waals surface area (Å²) in [5.41, 5.74) is 1.20. The normalized spacial score (nSPS) is 14.7. The van der Waals surface area contributed by atoms with Gasteiger partial charge in [0.1, 0.15) is 18.1 Å². The maximum Gasteiger partial charge on any atom is 0.191 e. The van der Waals surface area contributed by atoms with Crippen LogP contribution in [0, 0.1) is 11.6 Å². The van der Waals surface area contributed by atoms with Gasteiger partial charge in [0.25, 0.3) is 0 Å². The zero-order valence-corrected chi connectivity index (χ0v) is 16.2. The molecule has 0 unspecified atom stereocenters. The topological polar surface area (TPSA) is 35.5 Å². The number of benzene rings is 2. The van der Waals surface area contributed by atoms with Crippen LogP contribution in [-0.2, 0) is 17.8 Å². The third-order valence-corrected chi connectivity index (χ3v) is 5.01. The number of hydrogen-bond donors (Lipinski definition) is 0. The molecular formula is C23H26F2O3. The second-order valence-electron chi connectivity index (χ2n) is 7.36. The van der Waals surface area contributed by atoms with Gasteiger partial charge in [-0.3, -0.25) is 0 Å². The van der Waals surface area contributed by atoms with Crippen molar-refractivity contribution in [3.63, 3.8) is 0 Å². The highest BCUT2D eigenvalue weighted by Crippen LogP contribution is 2.29. The van der Waals surface area contributed by atoms with Crippen molar-refractivity contribution in [2.45, 2.75) is 64.6 Å². The van der Waals surface area contributed by atoms with Crippen molar-refractivity contribution in [3.8, 4) is 11.5 Å². The largest absolute Gasteiger partial charge is 0.490 e. The van der Waals surface area contributed by atoms with Crippen molar-refractivity contribution in [1.82, 2.24) is 0 Å². The summed E-state index contributed by atoms with van der Waals surface area (Å²) >= 11 is 0. The smallest absolute Gasteiger partial charge is 0.191 e. The molecule has 0 saturated heterocycles. The van der Waals surface area contributed by atoms with Crippen LogP contribution in [0.5, 0.6) is 11.5 Å². The number of ketones is 1. The summed E-state index contributed by atoms with van der Waals surface area (Å²) in [6.45, 7) is 1.47. The fraction of sp³-hybridized carbons (Fsp3) is 0.435. The van der Waals surface area contributed by atoms with Gasteiger partial charge in [-0.2, -0.15) is 0 Å². The lowest BCUT2D eigenvalue weighted by molar-refractivity contribution is -0.116. The average Bonchev–Trinajstić information content (AvgIpc) is 2.68. The van der Waals surface area contributed by atoms with Crippen LogP contribution in [0.3, 0.4) is 0 Å². The Hall–Kier alpha value is -2.43. The summed E-state index contributed by atoms with van der Waals surface area (Å²) in [5, 5.41) is 0. The Morgan fingerprint density at radius 3 is 2.43 bits per heavy atom. The van der Waals surface area contributed by atoms with E-state index in [2.05, 4.69) is 0 Å². The molecule has 2 aromatic carbocycles. The molecule has 150 valence electrons. The molecule has 0 amide bonds. The van der Waals surface area contributed by atoms with E-state index >= 15 is 0 Å². The standard InChI is InChI=1S/C23H26F2O3/c1-16(26)11-12-17-13-20(24)23(21(25)14-17)27-15-18-7-5-6-10-22(18)28-19-8-3-2-4-9-19/h5-7,10,13-14,19H,2-4,8-9,11-12,15H2,1H3. The van der Waals surface area contributed by atoms with E-state index in [-0.39, 0.29) is 24.9 Å². The number of rotatable bonds is 8. The fourth-order valence-corrected chi connectivity index (χ4v) is 3.47. The van der Waals surface area contributed by atoms with E-state index < -0.39 is 17.4 Å². The van der Waals surface area contributed by atoms with E-state index in [0.29, 0.717) is 17.7 Å². The van der Waals surface area contributed by atoms with Crippen LogP contribution in [-0.4, -0.2) is 11.9 Å². The Morgan fingerprint density at radius 2 is 1.75 bits per heavy atom. The van der Waals surface area contributed by atoms with Crippen LogP contribution in [0.4, 0.5) is 8.78 Å². The molecule has 0 heterocycles. The Balaban J connectivity index is 1.67. The summed E-state index contributed by atoms with van der Waals surface area (Å²) in [6.07, 6.45) is 6.37. The number of para-hydroxylation sites is 1. The van der Waals surface area contributed by atoms with Crippen molar-refractivity contribution in [1.29, 1.82) is 0 Å². The molecular weight excluding hydrogens is 362 g/mol. The van der Waals surface area contributed by atoms with Crippen molar-refractivity contribution in [3.05, 3.63) is 59.2 Å². The number of carbonyl (C=O) groups excluding carboxylic acids is 1. The van der Waals surface area contributed by atoms with Gasteiger partial charge >= 0.3 is 0 Å². The first-order valence-electron chi connectivity index (χ1n) is 9.87. The van der Waals surface area contributed by atoms with E-state index in [1.807, 2.05) is 24.3 Å². The number of halogens is 2. The monoisotopic (exact) mass is 388 g/mol. The van der Waals surface area contributed by atoms with Gasteiger partial charge in [0.2, 0.25) is 0 Å². The molecule has 0 spiro atoms. The molecule has 0 radical (unpaired) electrons. The molecule has 2 aromatic rings. The van der Waals surface area contributed by atoms with Gasteiger partial charge in [0, 0.05) is 12.0 Å². The molecule has 0 aliphatic heterocycles. The lowest BCUT2D eigenvalue weighted by atomic mass is 9.98. The summed E-state index contributed by atoms with van der Waals surface area (Å²) < 4.78 is 40.2. The Morgan fingerprint density at radius 1 is 1.07 bits per heavy atom. The zero-order valence-electron chi connectivity index (χ0n) is 16.2. The lowest BCUT2D eigenvalue weighted by Gasteiger charge is -2.24. The highest BCUT2D eigenvalue weighted by atomic mass is 19.1. The van der Waals surface area contributed by atoms with Crippen molar-refractivity contribution >= 4 is 5.78 Å². The summed E-state index contributed by atoms with van der Waals surface area (Å²) in [7, 11) is 0. The minimum absolute atomic E-state index is 0.0174. The Kier molecular flexibility index (Phi) is 7.01. The second kappa shape index (κ2) is 9.67. The molecule has 1 saturated carbocycles. The second-order valence-corrected chi connectivity index (χ2v) is 7.36. The van der Waals surface area contributed by atoms with Crippen LogP contribution in [0.1, 0.15) is 56.6 Å². The fourth-order valence-electron chi connectivity index (χ4n) is 3.47. The molecule has 3 rings (SSSR count). The molecule has 1 aliphatic rings. The van der Waals surface area contributed by atoms with Crippen LogP contribution < -0.4 is 9.47 Å². The van der Waals surface area contributed by atoms with Crippen LogP contribution in [0.25, 0.3) is 0 Å². The molecule has 0 bridgehead atoms. The minimum atomic E-state index is -0.760. The summed E-state index contributed by atoms with van der Waals surface area (Å²) in [5.74, 6) is -1.24. The maximum atomic E-state index is 14.3. The maximum absolute atomic E-state index is 14.3. The van der Waals surface area contributed by atoms with E-state index in [4.69, 9.17) is 9.47 Å². The zero-order chi connectivity index (χ0) is 19.9. The molecule has 3 nitrogen and oxygen atoms in total. The van der Waals surface area contributed by atoms with Crippen LogP contribution in [0.15, 0.2) is 36.4 Å². The quantitative estimate of drug-likeness (QED) is 0.575. The highest BCUT2D eigenvalue weighted by Gasteiger charge is 2.18. The van der Waals surface area contributed by atoms with Gasteiger partial charge < -0.3 is 14.3 Å². The molecule has 28 heavy (non-hydrogen) atoms. The number of carbonyl (C=O) groups is 1. The average molecular weight is 388 g/mol. The van der Waals surface area contributed by atoms with Crippen LogP contribution in [0.2, 0.25) is 0 Å². The van der Waals surface area contributed by atoms with Gasteiger partial charge in [0.05, 0.1) is 6.10 Å². The summed E-state index contributed by atoms with van der Waals surface area (Å²) in [4.78, 5) is 11.1. The molecule has 1 fully saturated rings. The molecule has 1 aliphatic carbocycles. The Labute approximate surface area is 164 Å². The van der Waals surface area contributed by atoms with E-state index in [1.165, 1.54) is 25.5 Å². The Bertz CT molecular complexity index is 790. The van der Waals surface area contributed by atoms with Crippen LogP contribution >= 0.6 is 0 Å². The van der Waals surface area contributed by atoms with Crippen molar-refractivity contribution < 1.29 is 23.0 Å². The minimum Gasteiger partial charge on any atom is -0.490 e. The molecule has 0 aromatic heterocycles. The first-order chi connectivity index (χ1) is 13.5. The molecule has 0 atom stereocenters. The SMILES string of the molecule is CC(=O)CCc1cc(F)c(OCc2ccccc2OC2CCCCC2)c(F)c1. The number of aryl methyl sites for hydroxylation is 1. The van der Waals surface area contributed by atoms with Gasteiger partial charge in [-0.1, -0.05) is 24.6 Å². The van der Waals surface area contributed by atoms with Crippen molar-refractivity contribution in [2.24, 2.45) is 0 Å². The van der Waals surface area contributed by atoms with Gasteiger partial charge in [-0.05, 0) is 62.8 Å².